The van der Waals surface area contributed by atoms with Crippen LogP contribution in [0.1, 0.15) is 21.5 Å². The van der Waals surface area contributed by atoms with E-state index in [9.17, 15) is 9.90 Å². The van der Waals surface area contributed by atoms with E-state index in [0.29, 0.717) is 9.92 Å². The first-order valence-electron chi connectivity index (χ1n) is 5.75. The zero-order chi connectivity index (χ0) is 14.0. The van der Waals surface area contributed by atoms with Gasteiger partial charge in [0.15, 0.2) is 0 Å². The molecule has 0 saturated carbocycles. The average molecular weight is 293 g/mol. The summed E-state index contributed by atoms with van der Waals surface area (Å²) in [7, 11) is 0. The van der Waals surface area contributed by atoms with Crippen molar-refractivity contribution in [3.8, 4) is 0 Å². The third-order valence-electron chi connectivity index (χ3n) is 2.72. The van der Waals surface area contributed by atoms with Gasteiger partial charge in [0.05, 0.1) is 5.56 Å². The Morgan fingerprint density at radius 2 is 1.79 bits per heavy atom. The topological polar surface area (TPSA) is 37.3 Å². The van der Waals surface area contributed by atoms with E-state index < -0.39 is 5.97 Å². The zero-order valence-electron chi connectivity index (χ0n) is 10.6. The van der Waals surface area contributed by atoms with Crippen molar-refractivity contribution in [3.05, 3.63) is 58.1 Å². The van der Waals surface area contributed by atoms with Crippen LogP contribution >= 0.6 is 23.4 Å². The van der Waals surface area contributed by atoms with Crippen LogP contribution in [0.4, 0.5) is 0 Å². The standard InChI is InChI=1S/C15H13ClO2S/c1-9-3-5-13(10(2)7-9)19-14-6-4-11(16)8-12(14)15(17)18/h3-8H,1-2H3,(H,17,18). The van der Waals surface area contributed by atoms with Crippen LogP contribution in [0, 0.1) is 13.8 Å². The quantitative estimate of drug-likeness (QED) is 0.882. The average Bonchev–Trinajstić information content (AvgIpc) is 2.34. The van der Waals surface area contributed by atoms with E-state index in [-0.39, 0.29) is 5.56 Å². The number of carbonyl (C=O) groups is 1. The second kappa shape index (κ2) is 5.68. The van der Waals surface area contributed by atoms with Crippen molar-refractivity contribution in [2.45, 2.75) is 23.6 Å². The molecule has 98 valence electrons. The number of carboxylic acids is 1. The molecule has 0 aliphatic carbocycles. The maximum Gasteiger partial charge on any atom is 0.336 e. The Balaban J connectivity index is 2.40. The predicted octanol–water partition coefficient (Wildman–Crippen LogP) is 4.81. The molecular weight excluding hydrogens is 280 g/mol. The summed E-state index contributed by atoms with van der Waals surface area (Å²) in [5, 5.41) is 9.64. The molecule has 1 N–H and O–H groups in total. The monoisotopic (exact) mass is 292 g/mol. The van der Waals surface area contributed by atoms with Crippen LogP contribution in [-0.4, -0.2) is 11.1 Å². The van der Waals surface area contributed by atoms with Gasteiger partial charge in [0.25, 0.3) is 0 Å². The van der Waals surface area contributed by atoms with Crippen molar-refractivity contribution in [2.75, 3.05) is 0 Å². The number of carboxylic acid groups (broad SMARTS) is 1. The Morgan fingerprint density at radius 1 is 1.11 bits per heavy atom. The van der Waals surface area contributed by atoms with Crippen LogP contribution in [0.5, 0.6) is 0 Å². The molecular formula is C15H13ClO2S. The van der Waals surface area contributed by atoms with E-state index >= 15 is 0 Å². The summed E-state index contributed by atoms with van der Waals surface area (Å²) >= 11 is 7.29. The highest BCUT2D eigenvalue weighted by Gasteiger charge is 2.12. The lowest BCUT2D eigenvalue weighted by Crippen LogP contribution is -1.98. The molecule has 0 aliphatic heterocycles. The molecule has 0 fully saturated rings. The van der Waals surface area contributed by atoms with Gasteiger partial charge in [0.2, 0.25) is 0 Å². The number of aromatic carboxylic acids is 1. The highest BCUT2D eigenvalue weighted by molar-refractivity contribution is 7.99. The van der Waals surface area contributed by atoms with Gasteiger partial charge in [-0.15, -0.1) is 0 Å². The van der Waals surface area contributed by atoms with Crippen molar-refractivity contribution in [2.24, 2.45) is 0 Å². The number of halogens is 1. The third-order valence-corrected chi connectivity index (χ3v) is 4.21. The van der Waals surface area contributed by atoms with Crippen molar-refractivity contribution in [3.63, 3.8) is 0 Å². The molecule has 2 aromatic rings. The lowest BCUT2D eigenvalue weighted by atomic mass is 10.2. The van der Waals surface area contributed by atoms with Gasteiger partial charge in [0.1, 0.15) is 0 Å². The van der Waals surface area contributed by atoms with Gasteiger partial charge < -0.3 is 5.11 Å². The van der Waals surface area contributed by atoms with Crippen LogP contribution in [0.3, 0.4) is 0 Å². The van der Waals surface area contributed by atoms with Crippen LogP contribution in [0.15, 0.2) is 46.2 Å². The molecule has 0 amide bonds. The molecule has 0 bridgehead atoms. The van der Waals surface area contributed by atoms with Crippen LogP contribution < -0.4 is 0 Å². The predicted molar refractivity (Wildman–Crippen MR) is 78.5 cm³/mol. The fraction of sp³-hybridized carbons (Fsp3) is 0.133. The van der Waals surface area contributed by atoms with Crippen molar-refractivity contribution < 1.29 is 9.90 Å². The highest BCUT2D eigenvalue weighted by Crippen LogP contribution is 2.34. The molecule has 19 heavy (non-hydrogen) atoms. The van der Waals surface area contributed by atoms with E-state index in [1.165, 1.54) is 23.4 Å². The minimum atomic E-state index is -0.963. The highest BCUT2D eigenvalue weighted by atomic mass is 35.5. The summed E-state index contributed by atoms with van der Waals surface area (Å²) in [6.45, 7) is 4.05. The zero-order valence-corrected chi connectivity index (χ0v) is 12.2. The lowest BCUT2D eigenvalue weighted by Gasteiger charge is -2.09. The molecule has 2 aromatic carbocycles. The Labute approximate surface area is 121 Å². The Kier molecular flexibility index (Phi) is 4.17. The summed E-state index contributed by atoms with van der Waals surface area (Å²) in [5.41, 5.74) is 2.56. The van der Waals surface area contributed by atoms with Gasteiger partial charge >= 0.3 is 5.97 Å². The molecule has 2 rings (SSSR count). The third kappa shape index (κ3) is 3.31. The summed E-state index contributed by atoms with van der Waals surface area (Å²) < 4.78 is 0. The Morgan fingerprint density at radius 3 is 2.42 bits per heavy atom. The van der Waals surface area contributed by atoms with E-state index in [1.807, 2.05) is 26.0 Å². The van der Waals surface area contributed by atoms with E-state index in [4.69, 9.17) is 11.6 Å². The van der Waals surface area contributed by atoms with Gasteiger partial charge in [-0.3, -0.25) is 0 Å². The number of hydrogen-bond donors (Lipinski definition) is 1. The summed E-state index contributed by atoms with van der Waals surface area (Å²) in [4.78, 5) is 13.0. The number of aryl methyl sites for hydroxylation is 2. The van der Waals surface area contributed by atoms with Crippen molar-refractivity contribution in [1.29, 1.82) is 0 Å². The normalized spacial score (nSPS) is 10.5. The van der Waals surface area contributed by atoms with Crippen molar-refractivity contribution >= 4 is 29.3 Å². The molecule has 0 spiro atoms. The van der Waals surface area contributed by atoms with Gasteiger partial charge in [-0.05, 0) is 43.7 Å². The molecule has 4 heteroatoms. The van der Waals surface area contributed by atoms with Crippen molar-refractivity contribution in [1.82, 2.24) is 0 Å². The van der Waals surface area contributed by atoms with Gasteiger partial charge in [-0.1, -0.05) is 41.1 Å². The largest absolute Gasteiger partial charge is 0.478 e. The summed E-state index contributed by atoms with van der Waals surface area (Å²) in [6, 6.07) is 11.0. The lowest BCUT2D eigenvalue weighted by molar-refractivity contribution is 0.0693. The molecule has 0 radical (unpaired) electrons. The second-order valence-electron chi connectivity index (χ2n) is 4.32. The van der Waals surface area contributed by atoms with Crippen LogP contribution in [0.25, 0.3) is 0 Å². The molecule has 2 nitrogen and oxygen atoms in total. The fourth-order valence-electron chi connectivity index (χ4n) is 1.79. The minimum absolute atomic E-state index is 0.234. The molecule has 0 aromatic heterocycles. The first-order chi connectivity index (χ1) is 8.97. The first-order valence-corrected chi connectivity index (χ1v) is 6.95. The molecule has 0 saturated heterocycles. The number of benzene rings is 2. The fourth-order valence-corrected chi connectivity index (χ4v) is 2.95. The smallest absolute Gasteiger partial charge is 0.336 e. The molecule has 0 aliphatic rings. The number of hydrogen-bond acceptors (Lipinski definition) is 2. The summed E-state index contributed by atoms with van der Waals surface area (Å²) in [6.07, 6.45) is 0. The molecule has 0 atom stereocenters. The van der Waals surface area contributed by atoms with Crippen LogP contribution in [-0.2, 0) is 0 Å². The minimum Gasteiger partial charge on any atom is -0.478 e. The number of rotatable bonds is 3. The second-order valence-corrected chi connectivity index (χ2v) is 5.84. The van der Waals surface area contributed by atoms with E-state index in [2.05, 4.69) is 6.07 Å². The van der Waals surface area contributed by atoms with E-state index in [0.717, 1.165) is 10.5 Å². The van der Waals surface area contributed by atoms with Gasteiger partial charge in [0, 0.05) is 14.8 Å². The Hall–Kier alpha value is -1.45. The van der Waals surface area contributed by atoms with E-state index in [1.54, 1.807) is 12.1 Å². The Bertz CT molecular complexity index is 638. The first kappa shape index (κ1) is 14.0. The maximum absolute atomic E-state index is 11.2. The molecule has 0 unspecified atom stereocenters. The molecule has 0 heterocycles. The maximum atomic E-state index is 11.2. The van der Waals surface area contributed by atoms with Crippen LogP contribution in [0.2, 0.25) is 5.02 Å². The summed E-state index contributed by atoms with van der Waals surface area (Å²) in [5.74, 6) is -0.963. The van der Waals surface area contributed by atoms with Gasteiger partial charge in [-0.2, -0.15) is 0 Å². The van der Waals surface area contributed by atoms with Gasteiger partial charge in [-0.25, -0.2) is 4.79 Å². The SMILES string of the molecule is Cc1ccc(Sc2ccc(Cl)cc2C(=O)O)c(C)c1.